The summed E-state index contributed by atoms with van der Waals surface area (Å²) in [5.41, 5.74) is 0.802. The predicted molar refractivity (Wildman–Crippen MR) is 79.3 cm³/mol. The molecule has 1 amide bonds. The number of nitrogens with one attached hydrogen (secondary N) is 1. The van der Waals surface area contributed by atoms with E-state index in [1.807, 2.05) is 26.0 Å². The molecule has 21 heavy (non-hydrogen) atoms. The molecule has 0 saturated heterocycles. The number of aromatic nitrogens is 1. The Balaban J connectivity index is 1.92. The summed E-state index contributed by atoms with van der Waals surface area (Å²) in [6, 6.07) is 12.6. The molecule has 0 spiro atoms. The smallest absolute Gasteiger partial charge is 0.412 e. The van der Waals surface area contributed by atoms with Crippen LogP contribution in [-0.4, -0.2) is 17.2 Å². The molecule has 2 rings (SSSR count). The maximum Gasteiger partial charge on any atom is 0.412 e. The van der Waals surface area contributed by atoms with Gasteiger partial charge in [-0.1, -0.05) is 24.3 Å². The number of benzene rings is 1. The lowest BCUT2D eigenvalue weighted by Gasteiger charge is -2.13. The molecule has 2 aromatic rings. The lowest BCUT2D eigenvalue weighted by atomic mass is 10.2. The van der Waals surface area contributed by atoms with Gasteiger partial charge in [-0.25, -0.2) is 9.78 Å². The molecular weight excluding hydrogens is 268 g/mol. The molecule has 1 aromatic carbocycles. The number of pyridine rings is 1. The summed E-state index contributed by atoms with van der Waals surface area (Å²) in [5, 5.41) is 2.68. The van der Waals surface area contributed by atoms with Gasteiger partial charge in [0.05, 0.1) is 12.6 Å². The van der Waals surface area contributed by atoms with Gasteiger partial charge in [-0.15, -0.1) is 0 Å². The number of rotatable bonds is 5. The largest absolute Gasteiger partial charge is 0.475 e. The highest BCUT2D eigenvalue weighted by atomic mass is 16.6. The van der Waals surface area contributed by atoms with Crippen LogP contribution in [0.5, 0.6) is 11.6 Å². The molecule has 5 nitrogen and oxygen atoms in total. The van der Waals surface area contributed by atoms with Crippen LogP contribution >= 0.6 is 0 Å². The van der Waals surface area contributed by atoms with Gasteiger partial charge < -0.3 is 14.8 Å². The zero-order chi connectivity index (χ0) is 15.1. The SMILES string of the molecule is CC(C)Oc1ncccc1CNC(=O)Oc1ccccc1. The molecule has 1 N–H and O–H groups in total. The molecule has 0 atom stereocenters. The number of hydrogen-bond acceptors (Lipinski definition) is 4. The normalized spacial score (nSPS) is 10.2. The minimum atomic E-state index is -0.513. The van der Waals surface area contributed by atoms with Crippen molar-refractivity contribution >= 4 is 6.09 Å². The molecule has 0 unspecified atom stereocenters. The lowest BCUT2D eigenvalue weighted by Crippen LogP contribution is -2.26. The molecule has 0 fully saturated rings. The van der Waals surface area contributed by atoms with E-state index in [0.717, 1.165) is 5.56 Å². The van der Waals surface area contributed by atoms with Crippen LogP contribution in [0.15, 0.2) is 48.7 Å². The van der Waals surface area contributed by atoms with E-state index in [1.165, 1.54) is 0 Å². The first-order valence-corrected chi connectivity index (χ1v) is 6.76. The summed E-state index contributed by atoms with van der Waals surface area (Å²) in [4.78, 5) is 15.9. The molecule has 5 heteroatoms. The number of carbonyl (C=O) groups is 1. The lowest BCUT2D eigenvalue weighted by molar-refractivity contribution is 0.199. The first-order chi connectivity index (χ1) is 10.1. The van der Waals surface area contributed by atoms with Gasteiger partial charge in [-0.3, -0.25) is 0 Å². The molecule has 0 aliphatic rings. The summed E-state index contributed by atoms with van der Waals surface area (Å²) in [6.45, 7) is 4.15. The van der Waals surface area contributed by atoms with Gasteiger partial charge in [0.2, 0.25) is 5.88 Å². The van der Waals surface area contributed by atoms with Crippen molar-refractivity contribution in [2.75, 3.05) is 0 Å². The van der Waals surface area contributed by atoms with E-state index in [4.69, 9.17) is 9.47 Å². The van der Waals surface area contributed by atoms with Gasteiger partial charge in [-0.05, 0) is 32.0 Å². The number of para-hydroxylation sites is 1. The summed E-state index contributed by atoms with van der Waals surface area (Å²) >= 11 is 0. The van der Waals surface area contributed by atoms with Crippen LogP contribution in [0.1, 0.15) is 19.4 Å². The molecule has 0 aliphatic heterocycles. The molecule has 0 radical (unpaired) electrons. The maximum atomic E-state index is 11.7. The van der Waals surface area contributed by atoms with E-state index in [-0.39, 0.29) is 6.10 Å². The van der Waals surface area contributed by atoms with Gasteiger partial charge in [0, 0.05) is 11.8 Å². The molecule has 0 aliphatic carbocycles. The van der Waals surface area contributed by atoms with Crippen molar-refractivity contribution in [2.45, 2.75) is 26.5 Å². The Morgan fingerprint density at radius 1 is 1.19 bits per heavy atom. The van der Waals surface area contributed by atoms with Crippen LogP contribution in [0.25, 0.3) is 0 Å². The van der Waals surface area contributed by atoms with E-state index < -0.39 is 6.09 Å². The van der Waals surface area contributed by atoms with Crippen molar-refractivity contribution in [2.24, 2.45) is 0 Å². The van der Waals surface area contributed by atoms with Crippen molar-refractivity contribution in [3.8, 4) is 11.6 Å². The fourth-order valence-electron chi connectivity index (χ4n) is 1.69. The third kappa shape index (κ3) is 4.80. The molecule has 0 bridgehead atoms. The molecule has 110 valence electrons. The number of ether oxygens (including phenoxy) is 2. The van der Waals surface area contributed by atoms with Crippen molar-refractivity contribution in [1.82, 2.24) is 10.3 Å². The topological polar surface area (TPSA) is 60.5 Å². The number of nitrogens with zero attached hydrogens (tertiary/aromatic N) is 1. The quantitative estimate of drug-likeness (QED) is 0.917. The van der Waals surface area contributed by atoms with Gasteiger partial charge >= 0.3 is 6.09 Å². The van der Waals surface area contributed by atoms with E-state index in [9.17, 15) is 4.79 Å². The summed E-state index contributed by atoms with van der Waals surface area (Å²) in [5.74, 6) is 1.02. The van der Waals surface area contributed by atoms with Crippen LogP contribution < -0.4 is 14.8 Å². The Morgan fingerprint density at radius 3 is 2.67 bits per heavy atom. The van der Waals surface area contributed by atoms with E-state index in [0.29, 0.717) is 18.2 Å². The van der Waals surface area contributed by atoms with Crippen molar-refractivity contribution in [3.05, 3.63) is 54.2 Å². The highest BCUT2D eigenvalue weighted by molar-refractivity contribution is 5.70. The highest BCUT2D eigenvalue weighted by Crippen LogP contribution is 2.15. The van der Waals surface area contributed by atoms with Crippen LogP contribution in [-0.2, 0) is 6.54 Å². The van der Waals surface area contributed by atoms with Crippen molar-refractivity contribution in [1.29, 1.82) is 0 Å². The third-order valence-corrected chi connectivity index (χ3v) is 2.57. The fraction of sp³-hybridized carbons (Fsp3) is 0.250. The number of hydrogen-bond donors (Lipinski definition) is 1. The Hall–Kier alpha value is -2.56. The number of amides is 1. The maximum absolute atomic E-state index is 11.7. The Morgan fingerprint density at radius 2 is 1.95 bits per heavy atom. The van der Waals surface area contributed by atoms with Crippen LogP contribution in [0.2, 0.25) is 0 Å². The zero-order valence-electron chi connectivity index (χ0n) is 12.1. The second-order valence-corrected chi connectivity index (χ2v) is 4.69. The monoisotopic (exact) mass is 286 g/mol. The molecule has 1 heterocycles. The second-order valence-electron chi connectivity index (χ2n) is 4.69. The first-order valence-electron chi connectivity index (χ1n) is 6.76. The Kier molecular flexibility index (Phi) is 5.15. The minimum Gasteiger partial charge on any atom is -0.475 e. The highest BCUT2D eigenvalue weighted by Gasteiger charge is 2.09. The average molecular weight is 286 g/mol. The minimum absolute atomic E-state index is 0.0231. The van der Waals surface area contributed by atoms with Crippen LogP contribution in [0, 0.1) is 0 Å². The fourth-order valence-corrected chi connectivity index (χ4v) is 1.69. The van der Waals surface area contributed by atoms with Gasteiger partial charge in [0.1, 0.15) is 5.75 Å². The summed E-state index contributed by atoms with van der Waals surface area (Å²) in [7, 11) is 0. The van der Waals surface area contributed by atoms with Gasteiger partial charge in [0.25, 0.3) is 0 Å². The van der Waals surface area contributed by atoms with E-state index >= 15 is 0 Å². The summed E-state index contributed by atoms with van der Waals surface area (Å²) < 4.78 is 10.7. The van der Waals surface area contributed by atoms with Crippen LogP contribution in [0.4, 0.5) is 4.79 Å². The second kappa shape index (κ2) is 7.28. The van der Waals surface area contributed by atoms with Crippen LogP contribution in [0.3, 0.4) is 0 Å². The van der Waals surface area contributed by atoms with Gasteiger partial charge in [-0.2, -0.15) is 0 Å². The Bertz CT molecular complexity index is 585. The third-order valence-electron chi connectivity index (χ3n) is 2.57. The van der Waals surface area contributed by atoms with E-state index in [2.05, 4.69) is 10.3 Å². The predicted octanol–water partition coefficient (Wildman–Crippen LogP) is 3.16. The standard InChI is InChI=1S/C16H18N2O3/c1-12(2)20-15-13(7-6-10-17-15)11-18-16(19)21-14-8-4-3-5-9-14/h3-10,12H,11H2,1-2H3,(H,18,19). The molecular formula is C16H18N2O3. The molecule has 1 aromatic heterocycles. The number of carbonyl (C=O) groups excluding carboxylic acids is 1. The van der Waals surface area contributed by atoms with Crippen molar-refractivity contribution < 1.29 is 14.3 Å². The zero-order valence-corrected chi connectivity index (χ0v) is 12.1. The van der Waals surface area contributed by atoms with Gasteiger partial charge in [0.15, 0.2) is 0 Å². The van der Waals surface area contributed by atoms with Crippen molar-refractivity contribution in [3.63, 3.8) is 0 Å². The van der Waals surface area contributed by atoms with E-state index in [1.54, 1.807) is 36.5 Å². The average Bonchev–Trinajstić information content (AvgIpc) is 2.47. The summed E-state index contributed by atoms with van der Waals surface area (Å²) in [6.07, 6.45) is 1.17. The molecule has 0 saturated carbocycles. The first kappa shape index (κ1) is 14.8. The Labute approximate surface area is 123 Å².